The van der Waals surface area contributed by atoms with Crippen LogP contribution in [0.1, 0.15) is 31.5 Å². The van der Waals surface area contributed by atoms with Crippen molar-refractivity contribution in [3.8, 4) is 0 Å². The lowest BCUT2D eigenvalue weighted by molar-refractivity contribution is -0.118. The van der Waals surface area contributed by atoms with Crippen LogP contribution in [0.4, 0.5) is 5.69 Å². The standard InChI is InChI=1S/C18H25N3O2S/c1-13(2)17(22)8-18(23)20-15-6-4-5-14(7-15)9-21(3)10-16-11-24-12-19-16/h4-7,11-13,17,22H,8-10H2,1-3H3,(H,20,23). The Morgan fingerprint density at radius 1 is 1.38 bits per heavy atom. The zero-order valence-electron chi connectivity index (χ0n) is 14.4. The number of thiazole rings is 1. The summed E-state index contributed by atoms with van der Waals surface area (Å²) in [5.74, 6) is -0.0920. The maximum Gasteiger partial charge on any atom is 0.226 e. The van der Waals surface area contributed by atoms with Crippen LogP contribution >= 0.6 is 11.3 Å². The first kappa shape index (κ1) is 18.6. The average Bonchev–Trinajstić information content (AvgIpc) is 2.99. The fourth-order valence-corrected chi connectivity index (χ4v) is 2.89. The van der Waals surface area contributed by atoms with Gasteiger partial charge in [0.25, 0.3) is 0 Å². The molecule has 1 atom stereocenters. The minimum Gasteiger partial charge on any atom is -0.392 e. The molecule has 5 nitrogen and oxygen atoms in total. The Kier molecular flexibility index (Phi) is 6.90. The van der Waals surface area contributed by atoms with Crippen LogP contribution in [0, 0.1) is 5.92 Å². The Morgan fingerprint density at radius 2 is 2.17 bits per heavy atom. The zero-order chi connectivity index (χ0) is 17.5. The first-order chi connectivity index (χ1) is 11.4. The highest BCUT2D eigenvalue weighted by molar-refractivity contribution is 7.07. The van der Waals surface area contributed by atoms with Gasteiger partial charge in [0.05, 0.1) is 23.7 Å². The van der Waals surface area contributed by atoms with Gasteiger partial charge in [-0.15, -0.1) is 11.3 Å². The molecule has 1 aromatic carbocycles. The first-order valence-electron chi connectivity index (χ1n) is 8.06. The molecule has 0 spiro atoms. The number of carbonyl (C=O) groups excluding carboxylic acids is 1. The molecule has 1 heterocycles. The van der Waals surface area contributed by atoms with Crippen LogP contribution in [0.25, 0.3) is 0 Å². The molecule has 2 aromatic rings. The third-order valence-electron chi connectivity index (χ3n) is 3.74. The second-order valence-electron chi connectivity index (χ2n) is 6.42. The van der Waals surface area contributed by atoms with Crippen molar-refractivity contribution in [1.82, 2.24) is 9.88 Å². The van der Waals surface area contributed by atoms with Crippen molar-refractivity contribution in [2.24, 2.45) is 5.92 Å². The van der Waals surface area contributed by atoms with Gasteiger partial charge >= 0.3 is 0 Å². The van der Waals surface area contributed by atoms with E-state index in [4.69, 9.17) is 0 Å². The van der Waals surface area contributed by atoms with E-state index in [1.165, 1.54) is 0 Å². The lowest BCUT2D eigenvalue weighted by atomic mass is 10.0. The number of aliphatic hydroxyl groups excluding tert-OH is 1. The van der Waals surface area contributed by atoms with Crippen LogP contribution in [-0.2, 0) is 17.9 Å². The number of benzene rings is 1. The van der Waals surface area contributed by atoms with E-state index in [9.17, 15) is 9.90 Å². The minimum absolute atomic E-state index is 0.0708. The molecule has 1 aromatic heterocycles. The molecule has 0 radical (unpaired) electrons. The summed E-state index contributed by atoms with van der Waals surface area (Å²) in [6.45, 7) is 5.37. The SMILES string of the molecule is CC(C)C(O)CC(=O)Nc1cccc(CN(C)Cc2cscn2)c1. The van der Waals surface area contributed by atoms with Gasteiger partial charge in [0.2, 0.25) is 5.91 Å². The molecule has 0 aliphatic carbocycles. The summed E-state index contributed by atoms with van der Waals surface area (Å²) in [5, 5.41) is 14.7. The molecule has 130 valence electrons. The molecule has 2 rings (SSSR count). The fourth-order valence-electron chi connectivity index (χ4n) is 2.34. The minimum atomic E-state index is -0.613. The summed E-state index contributed by atoms with van der Waals surface area (Å²) < 4.78 is 0. The number of hydrogen-bond acceptors (Lipinski definition) is 5. The number of rotatable bonds is 8. The molecule has 1 unspecified atom stereocenters. The maximum absolute atomic E-state index is 12.0. The molecule has 0 bridgehead atoms. The monoisotopic (exact) mass is 347 g/mol. The predicted molar refractivity (Wildman–Crippen MR) is 97.8 cm³/mol. The van der Waals surface area contributed by atoms with Crippen molar-refractivity contribution in [2.45, 2.75) is 39.5 Å². The predicted octanol–water partition coefficient (Wildman–Crippen LogP) is 3.12. The Bertz CT molecular complexity index is 643. The van der Waals surface area contributed by atoms with E-state index in [0.717, 1.165) is 30.0 Å². The number of nitrogens with zero attached hydrogens (tertiary/aromatic N) is 2. The Balaban J connectivity index is 1.89. The fraction of sp³-hybridized carbons (Fsp3) is 0.444. The number of amides is 1. The quantitative estimate of drug-likeness (QED) is 0.770. The molecule has 0 aliphatic rings. The highest BCUT2D eigenvalue weighted by Crippen LogP contribution is 2.15. The molecule has 0 fully saturated rings. The van der Waals surface area contributed by atoms with Crippen molar-refractivity contribution in [3.05, 3.63) is 46.4 Å². The molecule has 0 aliphatic heterocycles. The number of anilines is 1. The molecule has 6 heteroatoms. The van der Waals surface area contributed by atoms with E-state index in [-0.39, 0.29) is 18.2 Å². The largest absolute Gasteiger partial charge is 0.392 e. The smallest absolute Gasteiger partial charge is 0.226 e. The number of carbonyl (C=O) groups is 1. The van der Waals surface area contributed by atoms with E-state index in [1.807, 2.05) is 56.1 Å². The second kappa shape index (κ2) is 8.92. The molecular formula is C18H25N3O2S. The highest BCUT2D eigenvalue weighted by atomic mass is 32.1. The number of hydrogen-bond donors (Lipinski definition) is 2. The van der Waals surface area contributed by atoms with Crippen LogP contribution < -0.4 is 5.32 Å². The Morgan fingerprint density at radius 3 is 2.83 bits per heavy atom. The van der Waals surface area contributed by atoms with Gasteiger partial charge in [0.15, 0.2) is 0 Å². The number of aromatic nitrogens is 1. The van der Waals surface area contributed by atoms with Crippen molar-refractivity contribution in [1.29, 1.82) is 0 Å². The van der Waals surface area contributed by atoms with Crippen LogP contribution in [0.3, 0.4) is 0 Å². The maximum atomic E-state index is 12.0. The van der Waals surface area contributed by atoms with E-state index < -0.39 is 6.10 Å². The van der Waals surface area contributed by atoms with Gasteiger partial charge in [-0.2, -0.15) is 0 Å². The van der Waals surface area contributed by atoms with Crippen molar-refractivity contribution in [2.75, 3.05) is 12.4 Å². The van der Waals surface area contributed by atoms with E-state index in [0.29, 0.717) is 0 Å². The summed E-state index contributed by atoms with van der Waals surface area (Å²) in [7, 11) is 2.05. The Hall–Kier alpha value is -1.76. The summed E-state index contributed by atoms with van der Waals surface area (Å²) in [6, 6.07) is 7.80. The van der Waals surface area contributed by atoms with Gasteiger partial charge in [-0.05, 0) is 30.7 Å². The average molecular weight is 347 g/mol. The molecule has 2 N–H and O–H groups in total. The lowest BCUT2D eigenvalue weighted by Crippen LogP contribution is -2.23. The Labute approximate surface area is 147 Å². The second-order valence-corrected chi connectivity index (χ2v) is 7.13. The van der Waals surface area contributed by atoms with Gasteiger partial charge in [-0.3, -0.25) is 9.69 Å². The highest BCUT2D eigenvalue weighted by Gasteiger charge is 2.14. The topological polar surface area (TPSA) is 65.5 Å². The number of aliphatic hydroxyl groups is 1. The molecule has 1 amide bonds. The van der Waals surface area contributed by atoms with Gasteiger partial charge < -0.3 is 10.4 Å². The third-order valence-corrected chi connectivity index (χ3v) is 4.38. The van der Waals surface area contributed by atoms with Crippen LogP contribution in [0.5, 0.6) is 0 Å². The summed E-state index contributed by atoms with van der Waals surface area (Å²) in [4.78, 5) is 18.5. The molecule has 0 saturated carbocycles. The normalized spacial score (nSPS) is 12.6. The molecule has 0 saturated heterocycles. The summed E-state index contributed by atoms with van der Waals surface area (Å²) in [5.41, 5.74) is 4.78. The van der Waals surface area contributed by atoms with Crippen molar-refractivity contribution in [3.63, 3.8) is 0 Å². The third kappa shape index (κ3) is 6.03. The van der Waals surface area contributed by atoms with Gasteiger partial charge in [-0.1, -0.05) is 26.0 Å². The first-order valence-corrected chi connectivity index (χ1v) is 9.00. The van der Waals surface area contributed by atoms with E-state index >= 15 is 0 Å². The molecular weight excluding hydrogens is 322 g/mol. The van der Waals surface area contributed by atoms with Gasteiger partial charge in [0, 0.05) is 24.2 Å². The number of nitrogens with one attached hydrogen (secondary N) is 1. The van der Waals surface area contributed by atoms with Crippen LogP contribution in [-0.4, -0.2) is 34.0 Å². The lowest BCUT2D eigenvalue weighted by Gasteiger charge is -2.17. The summed E-state index contributed by atoms with van der Waals surface area (Å²) >= 11 is 1.60. The van der Waals surface area contributed by atoms with Crippen LogP contribution in [0.2, 0.25) is 0 Å². The zero-order valence-corrected chi connectivity index (χ0v) is 15.2. The van der Waals surface area contributed by atoms with Crippen molar-refractivity contribution >= 4 is 22.9 Å². The summed E-state index contributed by atoms with van der Waals surface area (Å²) in [6.07, 6.45) is -0.497. The van der Waals surface area contributed by atoms with Crippen molar-refractivity contribution < 1.29 is 9.90 Å². The van der Waals surface area contributed by atoms with Gasteiger partial charge in [0.1, 0.15) is 0 Å². The molecule has 24 heavy (non-hydrogen) atoms. The van der Waals surface area contributed by atoms with E-state index in [2.05, 4.69) is 15.2 Å². The van der Waals surface area contributed by atoms with Crippen LogP contribution in [0.15, 0.2) is 35.2 Å². The van der Waals surface area contributed by atoms with E-state index in [1.54, 1.807) is 11.3 Å². The van der Waals surface area contributed by atoms with Gasteiger partial charge in [-0.25, -0.2) is 4.98 Å².